The van der Waals surface area contributed by atoms with E-state index >= 15 is 0 Å². The standard InChI is InChI=1S/C8H11N3O.CH4O3S/c9-8(12)11-5-4-10-3-1-2-7(10)6-11;1-5(2,3)4/h1-3H,4-6H2,(H2,9,12);1H3,(H,2,3,4). The van der Waals surface area contributed by atoms with Crippen molar-refractivity contribution in [1.29, 1.82) is 0 Å². The number of nitrogens with zero attached hydrogens (tertiary/aromatic N) is 2. The van der Waals surface area contributed by atoms with Gasteiger partial charge < -0.3 is 15.2 Å². The minimum absolute atomic E-state index is 0.331. The SMILES string of the molecule is CS(=O)(=O)O.NC(=O)N1CCn2cccc2C1. The first-order valence-corrected chi connectivity index (χ1v) is 6.73. The molecule has 2 amide bonds. The highest BCUT2D eigenvalue weighted by atomic mass is 32.2. The summed E-state index contributed by atoms with van der Waals surface area (Å²) in [6, 6.07) is 3.66. The van der Waals surface area contributed by atoms with E-state index in [0.717, 1.165) is 18.8 Å². The van der Waals surface area contributed by atoms with Gasteiger partial charge in [0.05, 0.1) is 12.8 Å². The summed E-state index contributed by atoms with van der Waals surface area (Å²) in [6.45, 7) is 2.21. The van der Waals surface area contributed by atoms with E-state index in [-0.39, 0.29) is 6.03 Å². The van der Waals surface area contributed by atoms with E-state index in [1.807, 2.05) is 18.3 Å². The topological polar surface area (TPSA) is 106 Å². The lowest BCUT2D eigenvalue weighted by molar-refractivity contribution is 0.193. The molecule has 1 aliphatic heterocycles. The summed E-state index contributed by atoms with van der Waals surface area (Å²) in [5.74, 6) is 0. The highest BCUT2D eigenvalue weighted by molar-refractivity contribution is 7.85. The van der Waals surface area contributed by atoms with Crippen molar-refractivity contribution in [3.63, 3.8) is 0 Å². The van der Waals surface area contributed by atoms with E-state index in [9.17, 15) is 13.2 Å². The van der Waals surface area contributed by atoms with Gasteiger partial charge in [-0.1, -0.05) is 0 Å². The summed E-state index contributed by atoms with van der Waals surface area (Å²) in [7, 11) is -3.67. The number of carbonyl (C=O) groups is 1. The number of rotatable bonds is 0. The van der Waals surface area contributed by atoms with Crippen LogP contribution in [-0.2, 0) is 23.2 Å². The van der Waals surface area contributed by atoms with Gasteiger partial charge in [-0.15, -0.1) is 0 Å². The molecule has 0 bridgehead atoms. The second kappa shape index (κ2) is 5.19. The third kappa shape index (κ3) is 4.87. The summed E-state index contributed by atoms with van der Waals surface area (Å²) in [5, 5.41) is 0. The Bertz CT molecular complexity index is 486. The summed E-state index contributed by atoms with van der Waals surface area (Å²) in [5.41, 5.74) is 6.32. The smallest absolute Gasteiger partial charge is 0.315 e. The first-order valence-electron chi connectivity index (χ1n) is 4.88. The normalized spacial score (nSPS) is 14.6. The molecule has 0 fully saturated rings. The number of primary amides is 1. The lowest BCUT2D eigenvalue weighted by Crippen LogP contribution is -2.41. The number of hydrogen-bond donors (Lipinski definition) is 2. The Hall–Kier alpha value is -1.54. The van der Waals surface area contributed by atoms with Crippen molar-refractivity contribution in [2.75, 3.05) is 12.8 Å². The Morgan fingerprint density at radius 1 is 1.47 bits per heavy atom. The van der Waals surface area contributed by atoms with Crippen LogP contribution < -0.4 is 5.73 Å². The van der Waals surface area contributed by atoms with Crippen molar-refractivity contribution in [3.8, 4) is 0 Å². The molecule has 96 valence electrons. The van der Waals surface area contributed by atoms with E-state index in [1.54, 1.807) is 4.90 Å². The minimum Gasteiger partial charge on any atom is -0.351 e. The van der Waals surface area contributed by atoms with Gasteiger partial charge in [-0.3, -0.25) is 4.55 Å². The van der Waals surface area contributed by atoms with Crippen LogP contribution in [0, 0.1) is 0 Å². The molecule has 0 saturated heterocycles. The number of hydrogen-bond acceptors (Lipinski definition) is 3. The molecule has 0 atom stereocenters. The fourth-order valence-corrected chi connectivity index (χ4v) is 1.50. The molecular formula is C9H15N3O4S. The molecule has 1 aliphatic rings. The van der Waals surface area contributed by atoms with Crippen LogP contribution in [0.15, 0.2) is 18.3 Å². The Balaban J connectivity index is 0.000000249. The van der Waals surface area contributed by atoms with Gasteiger partial charge in [0.1, 0.15) is 0 Å². The molecular weight excluding hydrogens is 246 g/mol. The Labute approximate surface area is 99.6 Å². The number of nitrogens with two attached hydrogens (primary N) is 1. The van der Waals surface area contributed by atoms with Crippen molar-refractivity contribution >= 4 is 16.1 Å². The molecule has 8 heteroatoms. The zero-order chi connectivity index (χ0) is 13.1. The third-order valence-corrected chi connectivity index (χ3v) is 2.20. The molecule has 3 N–H and O–H groups in total. The second-order valence-corrected chi connectivity index (χ2v) is 5.15. The predicted octanol–water partition coefficient (Wildman–Crippen LogP) is -0.114. The molecule has 17 heavy (non-hydrogen) atoms. The van der Waals surface area contributed by atoms with Gasteiger partial charge in [0.15, 0.2) is 0 Å². The molecule has 0 saturated carbocycles. The molecule has 0 spiro atoms. The Kier molecular flexibility index (Phi) is 4.13. The van der Waals surface area contributed by atoms with Gasteiger partial charge >= 0.3 is 6.03 Å². The van der Waals surface area contributed by atoms with Gasteiger partial charge in [-0.25, -0.2) is 4.79 Å². The molecule has 2 heterocycles. The van der Waals surface area contributed by atoms with Crippen LogP contribution in [0.25, 0.3) is 0 Å². The molecule has 1 aromatic heterocycles. The summed E-state index contributed by atoms with van der Waals surface area (Å²) in [4.78, 5) is 12.5. The number of urea groups is 1. The van der Waals surface area contributed by atoms with Crippen LogP contribution in [-0.4, -0.2) is 41.3 Å². The van der Waals surface area contributed by atoms with Crippen LogP contribution in [0.5, 0.6) is 0 Å². The third-order valence-electron chi connectivity index (χ3n) is 2.20. The molecule has 0 aliphatic carbocycles. The zero-order valence-electron chi connectivity index (χ0n) is 9.41. The van der Waals surface area contributed by atoms with E-state index in [1.165, 1.54) is 0 Å². The van der Waals surface area contributed by atoms with Crippen LogP contribution in [0.4, 0.5) is 4.79 Å². The van der Waals surface area contributed by atoms with E-state index in [4.69, 9.17) is 10.3 Å². The van der Waals surface area contributed by atoms with Crippen LogP contribution >= 0.6 is 0 Å². The molecule has 0 aromatic carbocycles. The first-order chi connectivity index (χ1) is 7.77. The maximum atomic E-state index is 10.8. The minimum atomic E-state index is -3.67. The molecule has 0 unspecified atom stereocenters. The maximum Gasteiger partial charge on any atom is 0.315 e. The van der Waals surface area contributed by atoms with Crippen molar-refractivity contribution in [3.05, 3.63) is 24.0 Å². The quantitative estimate of drug-likeness (QED) is 0.635. The van der Waals surface area contributed by atoms with Crippen LogP contribution in [0.3, 0.4) is 0 Å². The Morgan fingerprint density at radius 2 is 2.06 bits per heavy atom. The van der Waals surface area contributed by atoms with Crippen molar-refractivity contribution in [1.82, 2.24) is 9.47 Å². The van der Waals surface area contributed by atoms with E-state index < -0.39 is 10.1 Å². The van der Waals surface area contributed by atoms with Crippen molar-refractivity contribution in [2.24, 2.45) is 5.73 Å². The molecule has 1 aromatic rings. The highest BCUT2D eigenvalue weighted by Crippen LogP contribution is 2.11. The highest BCUT2D eigenvalue weighted by Gasteiger charge is 2.16. The number of aromatic nitrogens is 1. The monoisotopic (exact) mass is 261 g/mol. The molecule has 0 radical (unpaired) electrons. The number of fused-ring (bicyclic) bond motifs is 1. The maximum absolute atomic E-state index is 10.8. The lowest BCUT2D eigenvalue weighted by Gasteiger charge is -2.26. The average Bonchev–Trinajstić information content (AvgIpc) is 2.60. The average molecular weight is 261 g/mol. The van der Waals surface area contributed by atoms with Gasteiger partial charge in [0, 0.05) is 25.0 Å². The summed E-state index contributed by atoms with van der Waals surface area (Å²) in [6.07, 6.45) is 2.74. The second-order valence-electron chi connectivity index (χ2n) is 3.69. The first kappa shape index (κ1) is 13.5. The fraction of sp³-hybridized carbons (Fsp3) is 0.444. The van der Waals surface area contributed by atoms with E-state index in [0.29, 0.717) is 12.8 Å². The Morgan fingerprint density at radius 3 is 2.59 bits per heavy atom. The van der Waals surface area contributed by atoms with Crippen LogP contribution in [0.2, 0.25) is 0 Å². The summed E-state index contributed by atoms with van der Waals surface area (Å²) < 4.78 is 28.0. The number of carbonyl (C=O) groups excluding carboxylic acids is 1. The van der Waals surface area contributed by atoms with Gasteiger partial charge in [0.25, 0.3) is 10.1 Å². The van der Waals surface area contributed by atoms with Crippen molar-refractivity contribution < 1.29 is 17.8 Å². The van der Waals surface area contributed by atoms with Crippen LogP contribution in [0.1, 0.15) is 5.69 Å². The number of amides is 2. The van der Waals surface area contributed by atoms with Crippen molar-refractivity contribution in [2.45, 2.75) is 13.1 Å². The van der Waals surface area contributed by atoms with Gasteiger partial charge in [-0.2, -0.15) is 8.42 Å². The van der Waals surface area contributed by atoms with Gasteiger partial charge in [-0.05, 0) is 12.1 Å². The fourth-order valence-electron chi connectivity index (χ4n) is 1.50. The van der Waals surface area contributed by atoms with E-state index in [2.05, 4.69) is 4.57 Å². The largest absolute Gasteiger partial charge is 0.351 e. The summed E-state index contributed by atoms with van der Waals surface area (Å²) >= 11 is 0. The molecule has 7 nitrogen and oxygen atoms in total. The van der Waals surface area contributed by atoms with Gasteiger partial charge in [0.2, 0.25) is 0 Å². The lowest BCUT2D eigenvalue weighted by atomic mass is 10.3. The zero-order valence-corrected chi connectivity index (χ0v) is 10.2. The predicted molar refractivity (Wildman–Crippen MR) is 61.9 cm³/mol. The molecule has 2 rings (SSSR count).